The normalized spacial score (nSPS) is 26.3. The number of nitrogens with zero attached hydrogens (tertiary/aromatic N) is 1. The lowest BCUT2D eigenvalue weighted by Gasteiger charge is -2.52. The highest BCUT2D eigenvalue weighted by molar-refractivity contribution is 5.78. The van der Waals surface area contributed by atoms with E-state index in [1.165, 1.54) is 0 Å². The van der Waals surface area contributed by atoms with E-state index < -0.39 is 5.60 Å². The molecule has 0 spiro atoms. The van der Waals surface area contributed by atoms with Crippen LogP contribution in [0.5, 0.6) is 11.5 Å². The van der Waals surface area contributed by atoms with Crippen molar-refractivity contribution in [1.29, 1.82) is 0 Å². The summed E-state index contributed by atoms with van der Waals surface area (Å²) in [6.45, 7) is 3.56. The van der Waals surface area contributed by atoms with E-state index in [1.807, 2.05) is 25.1 Å². The van der Waals surface area contributed by atoms with Crippen LogP contribution in [0.1, 0.15) is 56.4 Å². The van der Waals surface area contributed by atoms with Crippen molar-refractivity contribution in [3.05, 3.63) is 47.9 Å². The molecule has 1 aromatic carbocycles. The standard InChI is InChI=1S/C24H32N2O5/c1-2-30-21-14-17(8-9-20(21)27)23-19-7-3-4-10-24(19,29)11-12-26(23)16-22(28)25-15-18-6-5-13-31-18/h5-6,8-9,13-14,19,23,27,29H,2-4,7,10-12,15-16H2,1H3,(H,25,28)/t19-,23-,24-/m0/s1. The molecule has 4 rings (SSSR count). The second-order valence-corrected chi connectivity index (χ2v) is 8.64. The zero-order valence-electron chi connectivity index (χ0n) is 18.0. The van der Waals surface area contributed by atoms with Gasteiger partial charge in [-0.15, -0.1) is 0 Å². The van der Waals surface area contributed by atoms with E-state index in [0.717, 1.165) is 31.2 Å². The largest absolute Gasteiger partial charge is 0.504 e. The van der Waals surface area contributed by atoms with Gasteiger partial charge in [0.2, 0.25) is 5.91 Å². The molecule has 168 valence electrons. The molecule has 1 saturated heterocycles. The molecule has 1 aromatic heterocycles. The summed E-state index contributed by atoms with van der Waals surface area (Å²) in [6, 6.07) is 8.90. The summed E-state index contributed by atoms with van der Waals surface area (Å²) in [5, 5.41) is 24.5. The summed E-state index contributed by atoms with van der Waals surface area (Å²) in [5.74, 6) is 1.21. The maximum Gasteiger partial charge on any atom is 0.234 e. The molecular weight excluding hydrogens is 396 g/mol. The SMILES string of the molecule is CCOc1cc([C@H]2[C@@H]3CCCC[C@]3(O)CCN2CC(=O)NCc2ccco2)ccc1O. The maximum atomic E-state index is 12.7. The van der Waals surface area contributed by atoms with E-state index in [-0.39, 0.29) is 30.2 Å². The first-order valence-electron chi connectivity index (χ1n) is 11.2. The number of carbonyl (C=O) groups is 1. The molecule has 1 amide bonds. The third-order valence-electron chi connectivity index (χ3n) is 6.68. The molecule has 3 N–H and O–H groups in total. The van der Waals surface area contributed by atoms with Crippen LogP contribution in [0.15, 0.2) is 41.0 Å². The predicted octanol–water partition coefficient (Wildman–Crippen LogP) is 3.37. The van der Waals surface area contributed by atoms with E-state index in [1.54, 1.807) is 18.4 Å². The molecule has 3 atom stereocenters. The summed E-state index contributed by atoms with van der Waals surface area (Å²) in [4.78, 5) is 14.9. The van der Waals surface area contributed by atoms with Gasteiger partial charge < -0.3 is 24.7 Å². The number of fused-ring (bicyclic) bond motifs is 1. The average Bonchev–Trinajstić information content (AvgIpc) is 3.28. The number of amides is 1. The Hall–Kier alpha value is -2.51. The summed E-state index contributed by atoms with van der Waals surface area (Å²) < 4.78 is 10.9. The highest BCUT2D eigenvalue weighted by Crippen LogP contribution is 2.50. The van der Waals surface area contributed by atoms with Crippen molar-refractivity contribution in [2.75, 3.05) is 19.7 Å². The average molecular weight is 429 g/mol. The van der Waals surface area contributed by atoms with Crippen molar-refractivity contribution >= 4 is 5.91 Å². The number of ether oxygens (including phenoxy) is 1. The predicted molar refractivity (Wildman–Crippen MR) is 116 cm³/mol. The first-order valence-corrected chi connectivity index (χ1v) is 11.2. The number of nitrogens with one attached hydrogen (secondary N) is 1. The fraction of sp³-hybridized carbons (Fsp3) is 0.542. The number of phenols is 1. The van der Waals surface area contributed by atoms with Crippen LogP contribution in [0.4, 0.5) is 0 Å². The van der Waals surface area contributed by atoms with Crippen molar-refractivity contribution in [2.24, 2.45) is 5.92 Å². The van der Waals surface area contributed by atoms with Gasteiger partial charge in [-0.25, -0.2) is 0 Å². The Bertz CT molecular complexity index is 884. The van der Waals surface area contributed by atoms with Gasteiger partial charge in [-0.1, -0.05) is 18.9 Å². The minimum absolute atomic E-state index is 0.0342. The van der Waals surface area contributed by atoms with Crippen molar-refractivity contribution in [2.45, 2.75) is 57.2 Å². The highest BCUT2D eigenvalue weighted by Gasteiger charge is 2.49. The molecule has 0 bridgehead atoms. The second kappa shape index (κ2) is 9.32. The van der Waals surface area contributed by atoms with Gasteiger partial charge in [-0.2, -0.15) is 0 Å². The second-order valence-electron chi connectivity index (χ2n) is 8.64. The quantitative estimate of drug-likeness (QED) is 0.626. The monoisotopic (exact) mass is 428 g/mol. The van der Waals surface area contributed by atoms with Crippen LogP contribution in [0.3, 0.4) is 0 Å². The number of rotatable bonds is 7. The molecular formula is C24H32N2O5. The molecule has 0 unspecified atom stereocenters. The Morgan fingerprint density at radius 3 is 2.97 bits per heavy atom. The van der Waals surface area contributed by atoms with Gasteiger partial charge in [-0.05, 0) is 56.0 Å². The Balaban J connectivity index is 1.57. The zero-order chi connectivity index (χ0) is 21.8. The number of piperidine rings is 1. The fourth-order valence-electron chi connectivity index (χ4n) is 5.19. The van der Waals surface area contributed by atoms with Crippen molar-refractivity contribution in [1.82, 2.24) is 10.2 Å². The van der Waals surface area contributed by atoms with E-state index >= 15 is 0 Å². The lowest BCUT2D eigenvalue weighted by atomic mass is 9.66. The van der Waals surface area contributed by atoms with Gasteiger partial charge in [-0.3, -0.25) is 9.69 Å². The third-order valence-corrected chi connectivity index (χ3v) is 6.68. The number of aliphatic hydroxyl groups is 1. The first-order chi connectivity index (χ1) is 15.0. The molecule has 7 heteroatoms. The van der Waals surface area contributed by atoms with Crippen LogP contribution >= 0.6 is 0 Å². The van der Waals surface area contributed by atoms with Crippen LogP contribution in [0, 0.1) is 5.92 Å². The summed E-state index contributed by atoms with van der Waals surface area (Å²) in [6.07, 6.45) is 6.06. The third kappa shape index (κ3) is 4.72. The minimum Gasteiger partial charge on any atom is -0.504 e. The van der Waals surface area contributed by atoms with E-state index in [9.17, 15) is 15.0 Å². The van der Waals surface area contributed by atoms with E-state index in [0.29, 0.717) is 37.6 Å². The Labute approximate surface area is 183 Å². The Morgan fingerprint density at radius 1 is 1.32 bits per heavy atom. The number of benzene rings is 1. The lowest BCUT2D eigenvalue weighted by molar-refractivity contribution is -0.138. The summed E-state index contributed by atoms with van der Waals surface area (Å²) in [5.41, 5.74) is 0.249. The number of furan rings is 1. The summed E-state index contributed by atoms with van der Waals surface area (Å²) in [7, 11) is 0. The number of likely N-dealkylation sites (tertiary alicyclic amines) is 1. The molecule has 2 fully saturated rings. The van der Waals surface area contributed by atoms with Crippen molar-refractivity contribution in [3.63, 3.8) is 0 Å². The maximum absolute atomic E-state index is 12.7. The molecule has 2 aromatic rings. The minimum atomic E-state index is -0.715. The molecule has 1 aliphatic carbocycles. The van der Waals surface area contributed by atoms with Gasteiger partial charge in [0.1, 0.15) is 5.76 Å². The number of phenolic OH excluding ortho intramolecular Hbond substituents is 1. The van der Waals surface area contributed by atoms with Gasteiger partial charge in [0, 0.05) is 18.5 Å². The lowest BCUT2D eigenvalue weighted by Crippen LogP contribution is -2.56. The van der Waals surface area contributed by atoms with Crippen LogP contribution in [-0.2, 0) is 11.3 Å². The smallest absolute Gasteiger partial charge is 0.234 e. The number of hydrogen-bond acceptors (Lipinski definition) is 6. The fourth-order valence-corrected chi connectivity index (χ4v) is 5.19. The molecule has 1 saturated carbocycles. The molecule has 1 aliphatic heterocycles. The topological polar surface area (TPSA) is 95.2 Å². The van der Waals surface area contributed by atoms with E-state index in [4.69, 9.17) is 9.15 Å². The Kier molecular flexibility index (Phi) is 6.53. The van der Waals surface area contributed by atoms with Crippen molar-refractivity contribution in [3.8, 4) is 11.5 Å². The van der Waals surface area contributed by atoms with Crippen LogP contribution in [0.25, 0.3) is 0 Å². The number of aromatic hydroxyl groups is 1. The van der Waals surface area contributed by atoms with Gasteiger partial charge in [0.25, 0.3) is 0 Å². The number of hydrogen-bond donors (Lipinski definition) is 3. The molecule has 31 heavy (non-hydrogen) atoms. The molecule has 7 nitrogen and oxygen atoms in total. The summed E-state index contributed by atoms with van der Waals surface area (Å²) >= 11 is 0. The molecule has 2 aliphatic rings. The molecule has 0 radical (unpaired) electrons. The van der Waals surface area contributed by atoms with Crippen LogP contribution in [-0.4, -0.2) is 46.3 Å². The first kappa shape index (κ1) is 21.7. The highest BCUT2D eigenvalue weighted by atomic mass is 16.5. The van der Waals surface area contributed by atoms with Gasteiger partial charge >= 0.3 is 0 Å². The molecule has 2 heterocycles. The van der Waals surface area contributed by atoms with Crippen LogP contribution < -0.4 is 10.1 Å². The van der Waals surface area contributed by atoms with E-state index in [2.05, 4.69) is 10.2 Å². The van der Waals surface area contributed by atoms with Crippen molar-refractivity contribution < 1.29 is 24.2 Å². The van der Waals surface area contributed by atoms with Gasteiger partial charge in [0.05, 0.1) is 31.6 Å². The van der Waals surface area contributed by atoms with Gasteiger partial charge in [0.15, 0.2) is 11.5 Å². The Morgan fingerprint density at radius 2 is 2.19 bits per heavy atom. The number of carbonyl (C=O) groups excluding carboxylic acids is 1. The van der Waals surface area contributed by atoms with Crippen LogP contribution in [0.2, 0.25) is 0 Å². The zero-order valence-corrected chi connectivity index (χ0v) is 18.0.